The van der Waals surface area contributed by atoms with Gasteiger partial charge in [-0.1, -0.05) is 31.2 Å². The van der Waals surface area contributed by atoms with Crippen LogP contribution >= 0.6 is 0 Å². The Balaban J connectivity index is 1.77. The number of ether oxygens (including phenoxy) is 4. The Hall–Kier alpha value is -4.07. The monoisotopic (exact) mass is 535 g/mol. The molecule has 0 saturated carbocycles. The zero-order valence-electron chi connectivity index (χ0n) is 23.2. The summed E-state index contributed by atoms with van der Waals surface area (Å²) in [5, 5.41) is 10.3. The average Bonchev–Trinajstić information content (AvgIpc) is 2.95. The lowest BCUT2D eigenvalue weighted by atomic mass is 9.88. The van der Waals surface area contributed by atoms with Crippen molar-refractivity contribution in [2.45, 2.75) is 45.6 Å². The molecule has 8 heteroatoms. The number of hydrogen-bond donors (Lipinski definition) is 1. The molecule has 0 spiro atoms. The summed E-state index contributed by atoms with van der Waals surface area (Å²) in [5.41, 5.74) is 2.00. The number of carbonyl (C=O) groups is 2. The second kappa shape index (κ2) is 14.2. The van der Waals surface area contributed by atoms with E-state index in [0.717, 1.165) is 22.6 Å². The highest BCUT2D eigenvalue weighted by atomic mass is 16.5. The number of ketones is 1. The Morgan fingerprint density at radius 3 is 2.00 bits per heavy atom. The van der Waals surface area contributed by atoms with Crippen molar-refractivity contribution in [2.24, 2.45) is 11.8 Å². The fourth-order valence-corrected chi connectivity index (χ4v) is 4.50. The number of Topliss-reactive ketones (excluding diaryl/α,β-unsaturated/α-hetero) is 1. The summed E-state index contributed by atoms with van der Waals surface area (Å²) in [4.78, 5) is 30.2. The smallest absolute Gasteiger partial charge is 0.309 e. The third-order valence-corrected chi connectivity index (χ3v) is 6.86. The van der Waals surface area contributed by atoms with Crippen LogP contribution in [0.4, 0.5) is 0 Å². The van der Waals surface area contributed by atoms with Gasteiger partial charge < -0.3 is 24.1 Å². The summed E-state index contributed by atoms with van der Waals surface area (Å²) in [6.07, 6.45) is 2.52. The van der Waals surface area contributed by atoms with Gasteiger partial charge in [-0.05, 0) is 61.6 Å². The Morgan fingerprint density at radius 1 is 0.897 bits per heavy atom. The molecule has 0 aliphatic rings. The molecular formula is C31H37NO7. The minimum atomic E-state index is -0.679. The summed E-state index contributed by atoms with van der Waals surface area (Å²) < 4.78 is 21.8. The lowest BCUT2D eigenvalue weighted by molar-refractivity contribution is -0.156. The minimum Gasteiger partial charge on any atom is -0.503 e. The minimum absolute atomic E-state index is 0.0505. The number of aromatic hydroxyl groups is 1. The topological polar surface area (TPSA) is 104 Å². The zero-order valence-corrected chi connectivity index (χ0v) is 23.2. The molecule has 0 saturated heterocycles. The molecule has 3 aromatic rings. The highest BCUT2D eigenvalue weighted by molar-refractivity contribution is 5.99. The first-order chi connectivity index (χ1) is 18.8. The molecule has 0 radical (unpaired) electrons. The van der Waals surface area contributed by atoms with E-state index in [4.69, 9.17) is 18.9 Å². The predicted molar refractivity (Wildman–Crippen MR) is 148 cm³/mol. The molecule has 1 heterocycles. The number of carbonyl (C=O) groups excluding carboxylic acids is 2. The summed E-state index contributed by atoms with van der Waals surface area (Å²) in [6, 6.07) is 17.1. The van der Waals surface area contributed by atoms with Crippen LogP contribution in [0, 0.1) is 11.8 Å². The van der Waals surface area contributed by atoms with Crippen LogP contribution in [-0.2, 0) is 22.4 Å². The molecule has 1 N–H and O–H groups in total. The van der Waals surface area contributed by atoms with Crippen LogP contribution < -0.4 is 14.2 Å². The van der Waals surface area contributed by atoms with Gasteiger partial charge in [0.15, 0.2) is 23.0 Å². The fraction of sp³-hybridized carbons (Fsp3) is 0.387. The Bertz CT molecular complexity index is 1210. The summed E-state index contributed by atoms with van der Waals surface area (Å²) >= 11 is 0. The SMILES string of the molecule is CC[C@H](CC(=O)c1nccc(OC)c1O)C(=O)O[C@@H](C)C(Cc1cccc(OC)c1)Cc1cccc(OC)c1. The molecule has 0 aliphatic heterocycles. The largest absolute Gasteiger partial charge is 0.503 e. The van der Waals surface area contributed by atoms with Crippen molar-refractivity contribution in [2.75, 3.05) is 21.3 Å². The van der Waals surface area contributed by atoms with E-state index in [-0.39, 0.29) is 29.5 Å². The van der Waals surface area contributed by atoms with Crippen LogP contribution in [0.2, 0.25) is 0 Å². The number of nitrogens with zero attached hydrogens (tertiary/aromatic N) is 1. The van der Waals surface area contributed by atoms with Gasteiger partial charge in [0.05, 0.1) is 27.2 Å². The molecule has 0 bridgehead atoms. The lowest BCUT2D eigenvalue weighted by Gasteiger charge is -2.26. The van der Waals surface area contributed by atoms with Crippen molar-refractivity contribution in [3.63, 3.8) is 0 Å². The molecule has 0 fully saturated rings. The maximum Gasteiger partial charge on any atom is 0.309 e. The van der Waals surface area contributed by atoms with Crippen LogP contribution in [0.3, 0.4) is 0 Å². The first-order valence-electron chi connectivity index (χ1n) is 13.0. The van der Waals surface area contributed by atoms with E-state index in [1.807, 2.05) is 62.4 Å². The summed E-state index contributed by atoms with van der Waals surface area (Å²) in [5.74, 6) is -0.303. The van der Waals surface area contributed by atoms with E-state index in [1.165, 1.54) is 19.4 Å². The van der Waals surface area contributed by atoms with Gasteiger partial charge in [-0.15, -0.1) is 0 Å². The third-order valence-electron chi connectivity index (χ3n) is 6.86. The van der Waals surface area contributed by atoms with E-state index in [1.54, 1.807) is 14.2 Å². The standard InChI is InChI=1S/C31H37NO7/c1-6-23(19-27(33)29-30(34)28(38-5)13-14-32-29)31(35)39-20(2)24(15-21-9-7-11-25(17-21)36-3)16-22-10-8-12-26(18-22)37-4/h7-14,17-18,20,23-24,34H,6,15-16,19H2,1-5H3/t20-,23+/m0/s1. The van der Waals surface area contributed by atoms with Crippen molar-refractivity contribution >= 4 is 11.8 Å². The molecule has 0 amide bonds. The van der Waals surface area contributed by atoms with E-state index in [0.29, 0.717) is 19.3 Å². The number of benzene rings is 2. The van der Waals surface area contributed by atoms with Crippen LogP contribution in [-0.4, -0.2) is 49.3 Å². The van der Waals surface area contributed by atoms with E-state index in [9.17, 15) is 14.7 Å². The molecule has 2 atom stereocenters. The van der Waals surface area contributed by atoms with Crippen molar-refractivity contribution in [1.82, 2.24) is 4.98 Å². The van der Waals surface area contributed by atoms with E-state index < -0.39 is 23.8 Å². The molecule has 208 valence electrons. The first kappa shape index (κ1) is 29.5. The van der Waals surface area contributed by atoms with Crippen molar-refractivity contribution in [1.29, 1.82) is 0 Å². The van der Waals surface area contributed by atoms with Crippen LogP contribution in [0.5, 0.6) is 23.0 Å². The molecular weight excluding hydrogens is 498 g/mol. The predicted octanol–water partition coefficient (Wildman–Crippen LogP) is 5.45. The quantitative estimate of drug-likeness (QED) is 0.215. The van der Waals surface area contributed by atoms with Crippen molar-refractivity contribution in [3.05, 3.63) is 77.6 Å². The van der Waals surface area contributed by atoms with Gasteiger partial charge in [0.25, 0.3) is 0 Å². The zero-order chi connectivity index (χ0) is 28.4. The molecule has 1 aromatic heterocycles. The Morgan fingerprint density at radius 2 is 1.49 bits per heavy atom. The van der Waals surface area contributed by atoms with Gasteiger partial charge in [-0.25, -0.2) is 4.98 Å². The van der Waals surface area contributed by atoms with Crippen LogP contribution in [0.1, 0.15) is 48.3 Å². The van der Waals surface area contributed by atoms with Gasteiger partial charge in [0.2, 0.25) is 0 Å². The number of pyridine rings is 1. The third kappa shape index (κ3) is 7.96. The number of methoxy groups -OCH3 is 3. The number of esters is 1. The number of hydrogen-bond acceptors (Lipinski definition) is 8. The molecule has 3 rings (SSSR count). The highest BCUT2D eigenvalue weighted by Crippen LogP contribution is 2.30. The second-order valence-corrected chi connectivity index (χ2v) is 9.46. The number of rotatable bonds is 14. The molecule has 0 unspecified atom stereocenters. The van der Waals surface area contributed by atoms with Gasteiger partial charge in [-0.2, -0.15) is 0 Å². The van der Waals surface area contributed by atoms with Gasteiger partial charge >= 0.3 is 5.97 Å². The van der Waals surface area contributed by atoms with E-state index in [2.05, 4.69) is 4.98 Å². The van der Waals surface area contributed by atoms with Gasteiger partial charge in [0.1, 0.15) is 17.6 Å². The van der Waals surface area contributed by atoms with Crippen molar-refractivity contribution in [3.8, 4) is 23.0 Å². The molecule has 8 nitrogen and oxygen atoms in total. The van der Waals surface area contributed by atoms with Crippen LogP contribution in [0.25, 0.3) is 0 Å². The maximum absolute atomic E-state index is 13.2. The number of aromatic nitrogens is 1. The van der Waals surface area contributed by atoms with Crippen molar-refractivity contribution < 1.29 is 33.6 Å². The fourth-order valence-electron chi connectivity index (χ4n) is 4.50. The average molecular weight is 536 g/mol. The molecule has 0 aliphatic carbocycles. The molecule has 2 aromatic carbocycles. The first-order valence-corrected chi connectivity index (χ1v) is 13.0. The molecule has 39 heavy (non-hydrogen) atoms. The summed E-state index contributed by atoms with van der Waals surface area (Å²) in [6.45, 7) is 3.71. The highest BCUT2D eigenvalue weighted by Gasteiger charge is 2.29. The van der Waals surface area contributed by atoms with E-state index >= 15 is 0 Å². The summed E-state index contributed by atoms with van der Waals surface area (Å²) in [7, 11) is 4.65. The van der Waals surface area contributed by atoms with Gasteiger partial charge in [0, 0.05) is 24.6 Å². The Kier molecular flexibility index (Phi) is 10.7. The van der Waals surface area contributed by atoms with Crippen LogP contribution in [0.15, 0.2) is 60.8 Å². The second-order valence-electron chi connectivity index (χ2n) is 9.46. The maximum atomic E-state index is 13.2. The lowest BCUT2D eigenvalue weighted by Crippen LogP contribution is -2.31. The normalized spacial score (nSPS) is 12.5. The van der Waals surface area contributed by atoms with Gasteiger partial charge in [-0.3, -0.25) is 9.59 Å². The Labute approximate surface area is 229 Å².